The molecule has 0 fully saturated rings. The zero-order valence-electron chi connectivity index (χ0n) is 10.3. The van der Waals surface area contributed by atoms with Crippen molar-refractivity contribution in [2.24, 2.45) is 0 Å². The molecule has 0 atom stereocenters. The molecule has 2 aromatic rings. The van der Waals surface area contributed by atoms with Crippen LogP contribution in [0.15, 0.2) is 23.7 Å². The summed E-state index contributed by atoms with van der Waals surface area (Å²) in [7, 11) is 0. The molecule has 0 saturated carbocycles. The average Bonchev–Trinajstić information content (AvgIpc) is 2.87. The number of nitrogens with zero attached hydrogens (tertiary/aromatic N) is 5. The summed E-state index contributed by atoms with van der Waals surface area (Å²) in [5.41, 5.74) is 2.36. The molecule has 0 amide bonds. The van der Waals surface area contributed by atoms with Crippen LogP contribution in [-0.2, 0) is 6.54 Å². The number of thioether (sulfide) groups is 1. The maximum atomic E-state index is 9.16. The van der Waals surface area contributed by atoms with Gasteiger partial charge in [0.2, 0.25) is 0 Å². The maximum Gasteiger partial charge on any atom is 0.137 e. The predicted octanol–water partition coefficient (Wildman–Crippen LogP) is 1.95. The van der Waals surface area contributed by atoms with Crippen LogP contribution in [-0.4, -0.2) is 25.5 Å². The van der Waals surface area contributed by atoms with Gasteiger partial charge in [-0.3, -0.25) is 0 Å². The first kappa shape index (κ1) is 12.6. The van der Waals surface area contributed by atoms with Gasteiger partial charge in [-0.05, 0) is 19.4 Å². The molecule has 2 heterocycles. The van der Waals surface area contributed by atoms with Gasteiger partial charge in [0.25, 0.3) is 0 Å². The van der Waals surface area contributed by atoms with Gasteiger partial charge in [0.05, 0.1) is 17.6 Å². The quantitative estimate of drug-likeness (QED) is 0.785. The Hall–Kier alpha value is -1.87. The standard InChI is InChI=1S/C12H13N5S/c1-9-10(2)15-16-12(11(9)7-13)18-6-5-17-4-3-14-8-17/h3-4,8H,5-6H2,1-2H3. The van der Waals surface area contributed by atoms with Crippen molar-refractivity contribution < 1.29 is 0 Å². The Morgan fingerprint density at radius 3 is 2.89 bits per heavy atom. The fourth-order valence-electron chi connectivity index (χ4n) is 1.49. The number of hydrogen-bond donors (Lipinski definition) is 0. The molecule has 0 radical (unpaired) electrons. The fraction of sp³-hybridized carbons (Fsp3) is 0.333. The van der Waals surface area contributed by atoms with Crippen molar-refractivity contribution in [3.63, 3.8) is 0 Å². The SMILES string of the molecule is Cc1nnc(SCCn2ccnc2)c(C#N)c1C. The molecule has 0 bridgehead atoms. The normalized spacial score (nSPS) is 10.3. The highest BCUT2D eigenvalue weighted by Crippen LogP contribution is 2.22. The lowest BCUT2D eigenvalue weighted by atomic mass is 10.1. The zero-order chi connectivity index (χ0) is 13.0. The first-order valence-electron chi connectivity index (χ1n) is 5.55. The summed E-state index contributed by atoms with van der Waals surface area (Å²) in [6, 6.07) is 2.21. The van der Waals surface area contributed by atoms with Crippen molar-refractivity contribution in [2.45, 2.75) is 25.4 Å². The first-order chi connectivity index (χ1) is 8.72. The molecule has 0 aliphatic rings. The van der Waals surface area contributed by atoms with Crippen LogP contribution in [0.2, 0.25) is 0 Å². The molecule has 92 valence electrons. The highest BCUT2D eigenvalue weighted by atomic mass is 32.2. The molecular weight excluding hydrogens is 246 g/mol. The first-order valence-corrected chi connectivity index (χ1v) is 6.53. The van der Waals surface area contributed by atoms with Crippen LogP contribution in [0.3, 0.4) is 0 Å². The lowest BCUT2D eigenvalue weighted by molar-refractivity contribution is 0.768. The molecule has 2 aromatic heterocycles. The third kappa shape index (κ3) is 2.68. The highest BCUT2D eigenvalue weighted by molar-refractivity contribution is 7.99. The van der Waals surface area contributed by atoms with Gasteiger partial charge in [0.1, 0.15) is 11.1 Å². The summed E-state index contributed by atoms with van der Waals surface area (Å²) < 4.78 is 1.99. The molecule has 0 N–H and O–H groups in total. The Morgan fingerprint density at radius 2 is 2.22 bits per heavy atom. The molecule has 0 spiro atoms. The second-order valence-corrected chi connectivity index (χ2v) is 4.93. The van der Waals surface area contributed by atoms with Crippen LogP contribution in [0.25, 0.3) is 0 Å². The Balaban J connectivity index is 2.06. The van der Waals surface area contributed by atoms with Crippen molar-refractivity contribution >= 4 is 11.8 Å². The molecule has 0 unspecified atom stereocenters. The number of aromatic nitrogens is 4. The fourth-order valence-corrected chi connectivity index (χ4v) is 2.42. The molecule has 5 nitrogen and oxygen atoms in total. The Labute approximate surface area is 110 Å². The van der Waals surface area contributed by atoms with Crippen LogP contribution in [0, 0.1) is 25.2 Å². The zero-order valence-corrected chi connectivity index (χ0v) is 11.1. The van der Waals surface area contributed by atoms with E-state index in [2.05, 4.69) is 21.3 Å². The molecule has 18 heavy (non-hydrogen) atoms. The topological polar surface area (TPSA) is 67.4 Å². The van der Waals surface area contributed by atoms with E-state index >= 15 is 0 Å². The van der Waals surface area contributed by atoms with E-state index < -0.39 is 0 Å². The maximum absolute atomic E-state index is 9.16. The summed E-state index contributed by atoms with van der Waals surface area (Å²) in [5, 5.41) is 18.0. The lowest BCUT2D eigenvalue weighted by Crippen LogP contribution is -2.02. The molecular formula is C12H13N5S. The summed E-state index contributed by atoms with van der Waals surface area (Å²) in [6.07, 6.45) is 5.44. The van der Waals surface area contributed by atoms with Gasteiger partial charge < -0.3 is 4.57 Å². The van der Waals surface area contributed by atoms with Crippen molar-refractivity contribution in [1.29, 1.82) is 5.26 Å². The van der Waals surface area contributed by atoms with Crippen molar-refractivity contribution in [3.8, 4) is 6.07 Å². The molecule has 0 aromatic carbocycles. The third-order valence-corrected chi connectivity index (χ3v) is 3.63. The van der Waals surface area contributed by atoms with E-state index in [1.165, 1.54) is 0 Å². The van der Waals surface area contributed by atoms with Gasteiger partial charge >= 0.3 is 0 Å². The van der Waals surface area contributed by atoms with Crippen LogP contribution >= 0.6 is 11.8 Å². The van der Waals surface area contributed by atoms with Crippen molar-refractivity contribution in [1.82, 2.24) is 19.7 Å². The second kappa shape index (κ2) is 5.65. The van der Waals surface area contributed by atoms with E-state index in [-0.39, 0.29) is 0 Å². The minimum absolute atomic E-state index is 0.637. The number of aryl methyl sites for hydroxylation is 2. The number of imidazole rings is 1. The second-order valence-electron chi connectivity index (χ2n) is 3.85. The van der Waals surface area contributed by atoms with E-state index in [0.29, 0.717) is 10.6 Å². The number of rotatable bonds is 4. The predicted molar refractivity (Wildman–Crippen MR) is 69.2 cm³/mol. The summed E-state index contributed by atoms with van der Waals surface area (Å²) in [4.78, 5) is 3.98. The monoisotopic (exact) mass is 259 g/mol. The summed E-state index contributed by atoms with van der Waals surface area (Å²) in [6.45, 7) is 4.61. The molecule has 0 aliphatic carbocycles. The minimum Gasteiger partial charge on any atom is -0.337 e. The smallest absolute Gasteiger partial charge is 0.137 e. The van der Waals surface area contributed by atoms with Crippen LogP contribution in [0.5, 0.6) is 0 Å². The van der Waals surface area contributed by atoms with E-state index in [1.54, 1.807) is 24.3 Å². The van der Waals surface area contributed by atoms with Crippen LogP contribution < -0.4 is 0 Å². The summed E-state index contributed by atoms with van der Waals surface area (Å²) in [5.74, 6) is 0.836. The van der Waals surface area contributed by atoms with E-state index in [1.807, 2.05) is 24.6 Å². The van der Waals surface area contributed by atoms with Gasteiger partial charge in [-0.25, -0.2) is 4.98 Å². The van der Waals surface area contributed by atoms with Gasteiger partial charge in [-0.15, -0.1) is 16.9 Å². The molecule has 0 saturated heterocycles. The van der Waals surface area contributed by atoms with Gasteiger partial charge in [0, 0.05) is 24.7 Å². The number of hydrogen-bond acceptors (Lipinski definition) is 5. The molecule has 6 heteroatoms. The Bertz CT molecular complexity index is 571. The van der Waals surface area contributed by atoms with Gasteiger partial charge in [-0.1, -0.05) is 0 Å². The van der Waals surface area contributed by atoms with E-state index in [0.717, 1.165) is 23.6 Å². The van der Waals surface area contributed by atoms with E-state index in [9.17, 15) is 0 Å². The minimum atomic E-state index is 0.637. The highest BCUT2D eigenvalue weighted by Gasteiger charge is 2.10. The third-order valence-electron chi connectivity index (χ3n) is 2.68. The Morgan fingerprint density at radius 1 is 1.39 bits per heavy atom. The van der Waals surface area contributed by atoms with E-state index in [4.69, 9.17) is 5.26 Å². The van der Waals surface area contributed by atoms with Crippen LogP contribution in [0.1, 0.15) is 16.8 Å². The Kier molecular flexibility index (Phi) is 3.95. The van der Waals surface area contributed by atoms with Crippen molar-refractivity contribution in [3.05, 3.63) is 35.5 Å². The largest absolute Gasteiger partial charge is 0.337 e. The summed E-state index contributed by atoms with van der Waals surface area (Å²) >= 11 is 1.55. The van der Waals surface area contributed by atoms with Gasteiger partial charge in [0.15, 0.2) is 0 Å². The molecule has 2 rings (SSSR count). The lowest BCUT2D eigenvalue weighted by Gasteiger charge is -2.06. The average molecular weight is 259 g/mol. The number of nitriles is 1. The van der Waals surface area contributed by atoms with Crippen LogP contribution in [0.4, 0.5) is 0 Å². The molecule has 0 aliphatic heterocycles. The van der Waals surface area contributed by atoms with Gasteiger partial charge in [-0.2, -0.15) is 10.4 Å². The van der Waals surface area contributed by atoms with Crippen molar-refractivity contribution in [2.75, 3.05) is 5.75 Å².